The lowest BCUT2D eigenvalue weighted by Crippen LogP contribution is -2.12. The molecular formula is C16H17FN2O2. The number of rotatable bonds is 4. The molecule has 1 aromatic heterocycles. The molecule has 21 heavy (non-hydrogen) atoms. The summed E-state index contributed by atoms with van der Waals surface area (Å²) in [6.45, 7) is 3.77. The summed E-state index contributed by atoms with van der Waals surface area (Å²) in [7, 11) is 1.34. The molecule has 5 heteroatoms. The predicted octanol–water partition coefficient (Wildman–Crippen LogP) is 3.49. The van der Waals surface area contributed by atoms with Crippen molar-refractivity contribution < 1.29 is 13.9 Å². The number of carbonyl (C=O) groups excluding carboxylic acids is 1. The first-order valence-electron chi connectivity index (χ1n) is 6.57. The smallest absolute Gasteiger partial charge is 0.339 e. The van der Waals surface area contributed by atoms with Crippen LogP contribution in [-0.2, 0) is 4.74 Å². The summed E-state index contributed by atoms with van der Waals surface area (Å²) in [4.78, 5) is 15.7. The highest BCUT2D eigenvalue weighted by atomic mass is 19.1. The van der Waals surface area contributed by atoms with Crippen molar-refractivity contribution in [2.24, 2.45) is 0 Å². The van der Waals surface area contributed by atoms with Gasteiger partial charge in [-0.25, -0.2) is 9.18 Å². The van der Waals surface area contributed by atoms with Crippen LogP contribution in [0.3, 0.4) is 0 Å². The number of anilines is 1. The van der Waals surface area contributed by atoms with Crippen LogP contribution in [0.1, 0.15) is 34.5 Å². The molecule has 1 atom stereocenters. The molecule has 0 saturated carbocycles. The summed E-state index contributed by atoms with van der Waals surface area (Å²) in [6.07, 6.45) is 2.74. The second-order valence-corrected chi connectivity index (χ2v) is 4.84. The molecule has 2 rings (SSSR count). The SMILES string of the molecule is COC(=O)c1cc(C)ccc1NC(C)c1cncc(F)c1. The molecule has 0 saturated heterocycles. The maximum atomic E-state index is 13.2. The molecule has 0 aliphatic heterocycles. The third-order valence-corrected chi connectivity index (χ3v) is 3.18. The van der Waals surface area contributed by atoms with Gasteiger partial charge in [-0.3, -0.25) is 4.98 Å². The highest BCUT2D eigenvalue weighted by Crippen LogP contribution is 2.24. The zero-order valence-corrected chi connectivity index (χ0v) is 12.2. The van der Waals surface area contributed by atoms with Crippen LogP contribution in [0.15, 0.2) is 36.7 Å². The Hall–Kier alpha value is -2.43. The average molecular weight is 288 g/mol. The number of methoxy groups -OCH3 is 1. The van der Waals surface area contributed by atoms with Crippen molar-refractivity contribution in [3.05, 3.63) is 59.2 Å². The van der Waals surface area contributed by atoms with Crippen molar-refractivity contribution in [3.8, 4) is 0 Å². The van der Waals surface area contributed by atoms with Gasteiger partial charge in [-0.05, 0) is 37.6 Å². The number of aromatic nitrogens is 1. The first kappa shape index (κ1) is 15.0. The Morgan fingerprint density at radius 2 is 2.10 bits per heavy atom. The van der Waals surface area contributed by atoms with Gasteiger partial charge >= 0.3 is 5.97 Å². The molecule has 4 nitrogen and oxygen atoms in total. The minimum absolute atomic E-state index is 0.195. The van der Waals surface area contributed by atoms with Gasteiger partial charge in [0.05, 0.1) is 24.9 Å². The topological polar surface area (TPSA) is 51.2 Å². The summed E-state index contributed by atoms with van der Waals surface area (Å²) in [5, 5.41) is 3.19. The molecule has 2 aromatic rings. The van der Waals surface area contributed by atoms with E-state index < -0.39 is 11.8 Å². The maximum Gasteiger partial charge on any atom is 0.339 e. The second kappa shape index (κ2) is 6.35. The summed E-state index contributed by atoms with van der Waals surface area (Å²) in [5.74, 6) is -0.802. The Bertz CT molecular complexity index is 658. The van der Waals surface area contributed by atoms with Gasteiger partial charge in [-0.15, -0.1) is 0 Å². The number of pyridine rings is 1. The van der Waals surface area contributed by atoms with Gasteiger partial charge in [0, 0.05) is 11.9 Å². The van der Waals surface area contributed by atoms with Crippen LogP contribution in [0.2, 0.25) is 0 Å². The van der Waals surface area contributed by atoms with Crippen molar-refractivity contribution in [1.82, 2.24) is 4.98 Å². The number of nitrogens with zero attached hydrogens (tertiary/aromatic N) is 1. The molecule has 0 amide bonds. The Kier molecular flexibility index (Phi) is 4.52. The standard InChI is InChI=1S/C16H17FN2O2/c1-10-4-5-15(14(6-10)16(20)21-3)19-11(2)12-7-13(17)9-18-8-12/h4-9,11,19H,1-3H3. The monoisotopic (exact) mass is 288 g/mol. The Morgan fingerprint density at radius 3 is 2.76 bits per heavy atom. The second-order valence-electron chi connectivity index (χ2n) is 4.84. The first-order chi connectivity index (χ1) is 10.0. The highest BCUT2D eigenvalue weighted by Gasteiger charge is 2.15. The summed E-state index contributed by atoms with van der Waals surface area (Å²) < 4.78 is 18.0. The van der Waals surface area contributed by atoms with Crippen LogP contribution < -0.4 is 5.32 Å². The lowest BCUT2D eigenvalue weighted by molar-refractivity contribution is 0.0601. The van der Waals surface area contributed by atoms with Crippen molar-refractivity contribution in [2.75, 3.05) is 12.4 Å². The average Bonchev–Trinajstić information content (AvgIpc) is 2.48. The third kappa shape index (κ3) is 3.56. The molecule has 1 N–H and O–H groups in total. The number of benzene rings is 1. The fraction of sp³-hybridized carbons (Fsp3) is 0.250. The van der Waals surface area contributed by atoms with Crippen LogP contribution in [-0.4, -0.2) is 18.1 Å². The molecule has 0 aliphatic rings. The molecule has 1 unspecified atom stereocenters. The quantitative estimate of drug-likeness (QED) is 0.875. The van der Waals surface area contributed by atoms with Gasteiger partial charge in [-0.1, -0.05) is 11.6 Å². The molecule has 1 heterocycles. The van der Waals surface area contributed by atoms with E-state index in [9.17, 15) is 9.18 Å². The number of carbonyl (C=O) groups is 1. The number of aryl methyl sites for hydroxylation is 1. The Balaban J connectivity index is 2.28. The van der Waals surface area contributed by atoms with E-state index in [-0.39, 0.29) is 6.04 Å². The first-order valence-corrected chi connectivity index (χ1v) is 6.57. The highest BCUT2D eigenvalue weighted by molar-refractivity contribution is 5.95. The van der Waals surface area contributed by atoms with Gasteiger partial charge in [0.1, 0.15) is 5.82 Å². The van der Waals surface area contributed by atoms with E-state index in [1.807, 2.05) is 26.0 Å². The molecule has 0 bridgehead atoms. The van der Waals surface area contributed by atoms with Crippen molar-refractivity contribution in [1.29, 1.82) is 0 Å². The number of hydrogen-bond acceptors (Lipinski definition) is 4. The summed E-state index contributed by atoms with van der Waals surface area (Å²) >= 11 is 0. The number of hydrogen-bond donors (Lipinski definition) is 1. The number of esters is 1. The summed E-state index contributed by atoms with van der Waals surface area (Å²) in [5.41, 5.74) is 2.75. The number of ether oxygens (including phenoxy) is 1. The van der Waals surface area contributed by atoms with Crippen LogP contribution >= 0.6 is 0 Å². The zero-order valence-electron chi connectivity index (χ0n) is 12.2. The van der Waals surface area contributed by atoms with Crippen LogP contribution in [0.5, 0.6) is 0 Å². The fourth-order valence-electron chi connectivity index (χ4n) is 2.04. The lowest BCUT2D eigenvalue weighted by atomic mass is 10.1. The maximum absolute atomic E-state index is 13.2. The van der Waals surface area contributed by atoms with Crippen LogP contribution in [0.4, 0.5) is 10.1 Å². The van der Waals surface area contributed by atoms with Gasteiger partial charge in [0.15, 0.2) is 0 Å². The molecule has 0 fully saturated rings. The van der Waals surface area contributed by atoms with E-state index in [2.05, 4.69) is 10.3 Å². The van der Waals surface area contributed by atoms with Gasteiger partial charge in [0.25, 0.3) is 0 Å². The van der Waals surface area contributed by atoms with E-state index in [0.717, 1.165) is 11.8 Å². The van der Waals surface area contributed by atoms with Gasteiger partial charge < -0.3 is 10.1 Å². The predicted molar refractivity (Wildman–Crippen MR) is 78.8 cm³/mol. The van der Waals surface area contributed by atoms with E-state index in [4.69, 9.17) is 4.74 Å². The largest absolute Gasteiger partial charge is 0.465 e. The molecule has 0 radical (unpaired) electrons. The van der Waals surface area contributed by atoms with E-state index in [0.29, 0.717) is 16.8 Å². The third-order valence-electron chi connectivity index (χ3n) is 3.18. The minimum Gasteiger partial charge on any atom is -0.465 e. The zero-order chi connectivity index (χ0) is 15.4. The van der Waals surface area contributed by atoms with Crippen molar-refractivity contribution >= 4 is 11.7 Å². The minimum atomic E-state index is -0.411. The van der Waals surface area contributed by atoms with E-state index >= 15 is 0 Å². The molecular weight excluding hydrogens is 271 g/mol. The van der Waals surface area contributed by atoms with Crippen LogP contribution in [0.25, 0.3) is 0 Å². The number of nitrogens with one attached hydrogen (secondary N) is 1. The number of halogens is 1. The van der Waals surface area contributed by atoms with Crippen LogP contribution in [0, 0.1) is 12.7 Å². The Morgan fingerprint density at radius 1 is 1.33 bits per heavy atom. The summed E-state index contributed by atoms with van der Waals surface area (Å²) in [6, 6.07) is 6.68. The van der Waals surface area contributed by atoms with Gasteiger partial charge in [0.2, 0.25) is 0 Å². The van der Waals surface area contributed by atoms with E-state index in [1.165, 1.54) is 13.2 Å². The van der Waals surface area contributed by atoms with E-state index in [1.54, 1.807) is 12.3 Å². The molecule has 0 spiro atoms. The Labute approximate surface area is 123 Å². The van der Waals surface area contributed by atoms with Crippen molar-refractivity contribution in [2.45, 2.75) is 19.9 Å². The molecule has 1 aromatic carbocycles. The normalized spacial score (nSPS) is 11.8. The fourth-order valence-corrected chi connectivity index (χ4v) is 2.04. The molecule has 110 valence electrons. The lowest BCUT2D eigenvalue weighted by Gasteiger charge is -2.18. The van der Waals surface area contributed by atoms with Crippen molar-refractivity contribution in [3.63, 3.8) is 0 Å². The molecule has 0 aliphatic carbocycles. The van der Waals surface area contributed by atoms with Gasteiger partial charge in [-0.2, -0.15) is 0 Å².